The number of rotatable bonds is 9. The number of hydrogen-bond acceptors (Lipinski definition) is 6. The highest BCUT2D eigenvalue weighted by molar-refractivity contribution is 7.93. The molecule has 0 aliphatic carbocycles. The van der Waals surface area contributed by atoms with E-state index in [0.29, 0.717) is 16.3 Å². The Kier molecular flexibility index (Phi) is 8.17. The first-order valence-electron chi connectivity index (χ1n) is 10.7. The summed E-state index contributed by atoms with van der Waals surface area (Å²) in [5, 5.41) is 3.08. The quantitative estimate of drug-likeness (QED) is 0.361. The van der Waals surface area contributed by atoms with Gasteiger partial charge in [0.1, 0.15) is 5.75 Å². The topological polar surface area (TPSA) is 131 Å². The summed E-state index contributed by atoms with van der Waals surface area (Å²) in [6, 6.07) is 13.8. The predicted molar refractivity (Wildman–Crippen MR) is 140 cm³/mol. The van der Waals surface area contributed by atoms with Crippen molar-refractivity contribution in [2.45, 2.75) is 36.6 Å². The maximum Gasteiger partial charge on any atom is 0.261 e. The monoisotopic (exact) mass is 551 g/mol. The molecule has 1 amide bonds. The second kappa shape index (κ2) is 10.8. The Hall–Kier alpha value is -3.28. The molecule has 192 valence electrons. The minimum Gasteiger partial charge on any atom is -0.496 e. The maximum atomic E-state index is 13.0. The second-order valence-corrected chi connectivity index (χ2v) is 12.0. The molecule has 0 aliphatic heterocycles. The number of amides is 1. The Morgan fingerprint density at radius 3 is 2.08 bits per heavy atom. The largest absolute Gasteiger partial charge is 0.496 e. The van der Waals surface area contributed by atoms with Crippen LogP contribution in [0.25, 0.3) is 0 Å². The smallest absolute Gasteiger partial charge is 0.261 e. The van der Waals surface area contributed by atoms with E-state index in [9.17, 15) is 21.6 Å². The van der Waals surface area contributed by atoms with Gasteiger partial charge in [0.05, 0.1) is 28.2 Å². The number of halogens is 1. The van der Waals surface area contributed by atoms with Crippen molar-refractivity contribution < 1.29 is 26.4 Å². The minimum atomic E-state index is -4.10. The van der Waals surface area contributed by atoms with E-state index in [2.05, 4.69) is 14.8 Å². The molecule has 0 saturated carbocycles. The van der Waals surface area contributed by atoms with Gasteiger partial charge in [0.25, 0.3) is 26.0 Å². The van der Waals surface area contributed by atoms with Crippen LogP contribution in [-0.2, 0) is 20.0 Å². The van der Waals surface area contributed by atoms with E-state index in [1.165, 1.54) is 55.6 Å². The fourth-order valence-electron chi connectivity index (χ4n) is 3.20. The van der Waals surface area contributed by atoms with E-state index in [1.54, 1.807) is 32.9 Å². The zero-order valence-electron chi connectivity index (χ0n) is 20.0. The number of methoxy groups -OCH3 is 1. The lowest BCUT2D eigenvalue weighted by Gasteiger charge is -2.14. The number of nitrogens with one attached hydrogen (secondary N) is 3. The summed E-state index contributed by atoms with van der Waals surface area (Å²) in [5.74, 6) is -0.250. The van der Waals surface area contributed by atoms with Gasteiger partial charge in [0.2, 0.25) is 0 Å². The molecule has 0 aliphatic rings. The standard InChI is InChI=1S/C24H26ClN3O6S2/c1-15(2)26-24(29)21-14-20(11-12-23(21)34-4)36(32,33)27-18-7-9-19(10-8-18)35(30,31)28-22-13-17(25)6-5-16(22)3/h5-15,27-28H,1-4H3,(H,26,29). The fourth-order valence-corrected chi connectivity index (χ4v) is 5.57. The number of carbonyl (C=O) groups excluding carboxylic acids is 1. The van der Waals surface area contributed by atoms with Crippen LogP contribution in [0.5, 0.6) is 5.75 Å². The predicted octanol–water partition coefficient (Wildman–Crippen LogP) is 4.40. The zero-order chi connectivity index (χ0) is 26.7. The van der Waals surface area contributed by atoms with Gasteiger partial charge >= 0.3 is 0 Å². The first-order chi connectivity index (χ1) is 16.8. The maximum absolute atomic E-state index is 13.0. The first kappa shape index (κ1) is 27.3. The van der Waals surface area contributed by atoms with Gasteiger partial charge in [-0.2, -0.15) is 0 Å². The summed E-state index contributed by atoms with van der Waals surface area (Å²) >= 11 is 5.96. The Morgan fingerprint density at radius 1 is 0.861 bits per heavy atom. The van der Waals surface area contributed by atoms with Crippen molar-refractivity contribution >= 4 is 48.9 Å². The van der Waals surface area contributed by atoms with E-state index in [-0.39, 0.29) is 32.8 Å². The summed E-state index contributed by atoms with van der Waals surface area (Å²) < 4.78 is 61.5. The summed E-state index contributed by atoms with van der Waals surface area (Å²) in [6.45, 7) is 5.30. The number of aryl methyl sites for hydroxylation is 1. The molecule has 0 atom stereocenters. The van der Waals surface area contributed by atoms with Gasteiger partial charge in [-0.15, -0.1) is 0 Å². The third-order valence-corrected chi connectivity index (χ3v) is 8.00. The number of benzene rings is 3. The van der Waals surface area contributed by atoms with E-state index in [1.807, 2.05) is 0 Å². The van der Waals surface area contributed by atoms with Gasteiger partial charge < -0.3 is 10.1 Å². The molecule has 0 unspecified atom stereocenters. The molecule has 0 bridgehead atoms. The van der Waals surface area contributed by atoms with Crippen molar-refractivity contribution in [3.05, 3.63) is 76.8 Å². The molecular weight excluding hydrogens is 526 g/mol. The number of ether oxygens (including phenoxy) is 1. The van der Waals surface area contributed by atoms with Crippen molar-refractivity contribution in [3.63, 3.8) is 0 Å². The molecule has 36 heavy (non-hydrogen) atoms. The van der Waals surface area contributed by atoms with E-state index in [0.717, 1.165) is 0 Å². The molecule has 0 aromatic heterocycles. The molecule has 3 aromatic rings. The second-order valence-electron chi connectivity index (χ2n) is 8.18. The van der Waals surface area contributed by atoms with Gasteiger partial charge in [-0.05, 0) is 80.9 Å². The first-order valence-corrected chi connectivity index (χ1v) is 14.1. The van der Waals surface area contributed by atoms with Crippen molar-refractivity contribution in [3.8, 4) is 5.75 Å². The molecule has 12 heteroatoms. The highest BCUT2D eigenvalue weighted by Crippen LogP contribution is 2.26. The number of anilines is 2. The van der Waals surface area contributed by atoms with E-state index >= 15 is 0 Å². The van der Waals surface area contributed by atoms with E-state index in [4.69, 9.17) is 16.3 Å². The van der Waals surface area contributed by atoms with Gasteiger partial charge in [0, 0.05) is 16.8 Å². The lowest BCUT2D eigenvalue weighted by molar-refractivity contribution is 0.0940. The Morgan fingerprint density at radius 2 is 1.47 bits per heavy atom. The molecule has 0 fully saturated rings. The highest BCUT2D eigenvalue weighted by Gasteiger charge is 2.21. The number of sulfonamides is 2. The van der Waals surface area contributed by atoms with Gasteiger partial charge in [-0.25, -0.2) is 16.8 Å². The Bertz CT molecular complexity index is 1490. The van der Waals surface area contributed by atoms with Gasteiger partial charge in [0.15, 0.2) is 0 Å². The molecule has 0 radical (unpaired) electrons. The lowest BCUT2D eigenvalue weighted by Crippen LogP contribution is -2.30. The molecule has 0 heterocycles. The zero-order valence-corrected chi connectivity index (χ0v) is 22.4. The molecule has 3 aromatic carbocycles. The SMILES string of the molecule is COc1ccc(S(=O)(=O)Nc2ccc(S(=O)(=O)Nc3cc(Cl)ccc3C)cc2)cc1C(=O)NC(C)C. The average Bonchev–Trinajstić information content (AvgIpc) is 2.80. The minimum absolute atomic E-state index is 0.0675. The normalized spacial score (nSPS) is 11.7. The molecule has 0 saturated heterocycles. The van der Waals surface area contributed by atoms with E-state index < -0.39 is 26.0 Å². The lowest BCUT2D eigenvalue weighted by atomic mass is 10.2. The average molecular weight is 552 g/mol. The van der Waals surface area contributed by atoms with Gasteiger partial charge in [-0.1, -0.05) is 17.7 Å². The third kappa shape index (κ3) is 6.48. The molecular formula is C24H26ClN3O6S2. The fraction of sp³-hybridized carbons (Fsp3) is 0.208. The van der Waals surface area contributed by atoms with Crippen LogP contribution in [0.4, 0.5) is 11.4 Å². The van der Waals surface area contributed by atoms with Crippen LogP contribution in [0.1, 0.15) is 29.8 Å². The van der Waals surface area contributed by atoms with Crippen LogP contribution in [0.15, 0.2) is 70.5 Å². The Balaban J connectivity index is 1.83. The summed E-state index contributed by atoms with van der Waals surface area (Å²) in [6.07, 6.45) is 0. The Labute approximate surface area is 215 Å². The summed E-state index contributed by atoms with van der Waals surface area (Å²) in [4.78, 5) is 12.3. The van der Waals surface area contributed by atoms with Crippen LogP contribution >= 0.6 is 11.6 Å². The molecule has 0 spiro atoms. The third-order valence-electron chi connectivity index (χ3n) is 5.01. The van der Waals surface area contributed by atoms with Crippen LogP contribution in [0.2, 0.25) is 5.02 Å². The van der Waals surface area contributed by atoms with Gasteiger partial charge in [-0.3, -0.25) is 14.2 Å². The number of carbonyl (C=O) groups is 1. The molecule has 3 rings (SSSR count). The highest BCUT2D eigenvalue weighted by atomic mass is 35.5. The van der Waals surface area contributed by atoms with Crippen molar-refractivity contribution in [2.75, 3.05) is 16.6 Å². The number of hydrogen-bond donors (Lipinski definition) is 3. The van der Waals surface area contributed by atoms with Crippen LogP contribution in [-0.4, -0.2) is 35.9 Å². The van der Waals surface area contributed by atoms with Crippen LogP contribution < -0.4 is 19.5 Å². The van der Waals surface area contributed by atoms with Crippen molar-refractivity contribution in [2.24, 2.45) is 0 Å². The van der Waals surface area contributed by atoms with Crippen LogP contribution in [0, 0.1) is 6.92 Å². The van der Waals surface area contributed by atoms with Crippen LogP contribution in [0.3, 0.4) is 0 Å². The summed E-state index contributed by atoms with van der Waals surface area (Å²) in [7, 11) is -6.66. The molecule has 3 N–H and O–H groups in total. The summed E-state index contributed by atoms with van der Waals surface area (Å²) in [5.41, 5.74) is 1.23. The molecule has 9 nitrogen and oxygen atoms in total. The van der Waals surface area contributed by atoms with Crippen molar-refractivity contribution in [1.29, 1.82) is 0 Å². The van der Waals surface area contributed by atoms with Crippen molar-refractivity contribution in [1.82, 2.24) is 5.32 Å².